The Hall–Kier alpha value is -8.60. The Morgan fingerprint density at radius 1 is 0.438 bits per heavy atom. The maximum Gasteiger partial charge on any atom is 0.158 e. The molecule has 3 saturated heterocycles. The maximum absolute atomic E-state index is 5.66. The van der Waals surface area contributed by atoms with E-state index >= 15 is 0 Å². The van der Waals surface area contributed by atoms with Crippen LogP contribution in [0, 0.1) is 13.8 Å². The first-order valence-electron chi connectivity index (χ1n) is 32.5. The van der Waals surface area contributed by atoms with Gasteiger partial charge in [-0.25, -0.2) is 19.3 Å². The van der Waals surface area contributed by atoms with Gasteiger partial charge in [0, 0.05) is 148 Å². The summed E-state index contributed by atoms with van der Waals surface area (Å²) in [5.41, 5.74) is 24.1. The molecule has 5 aromatic heterocycles. The SMILES string of the molecule is C.C.CC1=NCc2ncc(Nc3ccc(CN4CCN(C)CC4)cc3)cc21.CN1CCN(Cc2ccc(N)cc2)CC1.COc1ccc(Cn2nc(C)c3cc(Br)cnc32)cc1.COc1ccc(Cn2nc(C)c3cc(Nc4ccc(CN5CCN(C)CC5)cc4)cnc32)cc1. The molecular weight excluding hydrogens is 1260 g/mol. The molecule has 14 rings (SSSR count). The standard InChI is InChI=1S/C27H32N6O.C20H25N5.C15H14BrN3O.C12H19N3.2CH4/c1-20-26-16-24(17-28-27(26)33(30-20)19-22-6-10-25(34-3)11-7-22)29-23-8-4-21(5-9-23)18-32-14-12-31(2)13-15-32;1-15-19-11-18(12-22-20(19)13-21-15)23-17-5-3-16(4-6-17)14-25-9-7-24(2)8-10-25;1-10-14-7-12(16)8-17-15(14)19(18-10)9-11-3-5-13(20-2)6-4-11;1-14-6-8-15(9-7-14)10-11-2-4-12(13)5-3-11;;/h4-11,16-17,29H,12-15,18-19H2,1-3H3;3-6,11-12,23H,7-10,13-14H2,1-2H3;3-8H,9H2,1-2H3;2-5H,6-10,13H2,1H3;2*1H4. The first kappa shape index (κ1) is 71.7. The molecule has 4 aliphatic rings. The number of hydrogen-bond acceptors (Lipinski definition) is 17. The van der Waals surface area contributed by atoms with Crippen LogP contribution in [0.15, 0.2) is 168 Å². The molecule has 4 N–H and O–H groups in total. The number of halogens is 1. The van der Waals surface area contributed by atoms with Gasteiger partial charge in [-0.3, -0.25) is 24.7 Å². The maximum atomic E-state index is 5.66. The summed E-state index contributed by atoms with van der Waals surface area (Å²) in [4.78, 5) is 32.8. The minimum atomic E-state index is 0. The molecule has 5 aromatic carbocycles. The molecule has 9 heterocycles. The number of pyridine rings is 3. The van der Waals surface area contributed by atoms with Crippen LogP contribution in [-0.2, 0) is 39.3 Å². The number of ether oxygens (including phenoxy) is 2. The van der Waals surface area contributed by atoms with Gasteiger partial charge < -0.3 is 40.5 Å². The lowest BCUT2D eigenvalue weighted by molar-refractivity contribution is 0.148. The van der Waals surface area contributed by atoms with E-state index < -0.39 is 0 Å². The zero-order valence-corrected chi connectivity index (χ0v) is 57.4. The Kier molecular flexibility index (Phi) is 25.7. The molecule has 4 aliphatic heterocycles. The Balaban J connectivity index is 0.000000155. The number of piperazine rings is 3. The minimum absolute atomic E-state index is 0. The summed E-state index contributed by atoms with van der Waals surface area (Å²) < 4.78 is 15.3. The summed E-state index contributed by atoms with van der Waals surface area (Å²) in [5, 5.41) is 18.4. The number of hydrogen-bond donors (Lipinski definition) is 3. The number of fused-ring (bicyclic) bond motifs is 3. The second-order valence-electron chi connectivity index (χ2n) is 25.0. The lowest BCUT2D eigenvalue weighted by atomic mass is 10.1. The third-order valence-corrected chi connectivity index (χ3v) is 18.2. The number of rotatable bonds is 16. The number of aryl methyl sites for hydroxylation is 2. The molecule has 0 atom stereocenters. The molecule has 3 fully saturated rings. The molecule has 20 heteroatoms. The van der Waals surface area contributed by atoms with E-state index in [2.05, 4.69) is 188 Å². The smallest absolute Gasteiger partial charge is 0.158 e. The van der Waals surface area contributed by atoms with Crippen molar-refractivity contribution in [1.29, 1.82) is 0 Å². The van der Waals surface area contributed by atoms with Crippen molar-refractivity contribution in [2.75, 3.05) is 130 Å². The Labute approximate surface area is 577 Å². The number of nitrogens with one attached hydrogen (secondary N) is 2. The molecule has 506 valence electrons. The number of anilines is 5. The molecule has 0 spiro atoms. The second kappa shape index (κ2) is 34.4. The van der Waals surface area contributed by atoms with E-state index in [1.54, 1.807) is 20.4 Å². The number of aliphatic imine (C=N–C) groups is 1. The fraction of sp³-hybridized carbons (Fsp3) is 0.368. The molecule has 0 unspecified atom stereocenters. The van der Waals surface area contributed by atoms with Crippen molar-refractivity contribution in [2.24, 2.45) is 4.99 Å². The predicted molar refractivity (Wildman–Crippen MR) is 399 cm³/mol. The topological polar surface area (TPSA) is 175 Å². The van der Waals surface area contributed by atoms with E-state index in [-0.39, 0.29) is 14.9 Å². The monoisotopic (exact) mass is 1360 g/mol. The molecule has 0 bridgehead atoms. The molecule has 0 saturated carbocycles. The summed E-state index contributed by atoms with van der Waals surface area (Å²) >= 11 is 3.45. The van der Waals surface area contributed by atoms with Crippen LogP contribution in [0.3, 0.4) is 0 Å². The highest BCUT2D eigenvalue weighted by Crippen LogP contribution is 2.28. The quantitative estimate of drug-likeness (QED) is 0.0779. The molecule has 0 aliphatic carbocycles. The fourth-order valence-electron chi connectivity index (χ4n) is 11.9. The summed E-state index contributed by atoms with van der Waals surface area (Å²) in [6, 6.07) is 48.0. The van der Waals surface area contributed by atoms with Gasteiger partial charge in [0.1, 0.15) is 11.5 Å². The highest BCUT2D eigenvalue weighted by Gasteiger charge is 2.19. The number of benzene rings is 5. The van der Waals surface area contributed by atoms with Crippen LogP contribution in [0.1, 0.15) is 72.2 Å². The Bertz CT molecular complexity index is 4080. The van der Waals surface area contributed by atoms with E-state index in [1.165, 1.54) is 48.4 Å². The average molecular weight is 1360 g/mol. The third kappa shape index (κ3) is 19.8. The van der Waals surface area contributed by atoms with Crippen LogP contribution in [-0.4, -0.2) is 184 Å². The highest BCUT2D eigenvalue weighted by atomic mass is 79.9. The van der Waals surface area contributed by atoms with E-state index in [4.69, 9.17) is 25.3 Å². The van der Waals surface area contributed by atoms with E-state index in [9.17, 15) is 0 Å². The van der Waals surface area contributed by atoms with Gasteiger partial charge in [-0.2, -0.15) is 10.2 Å². The lowest BCUT2D eigenvalue weighted by Crippen LogP contribution is -2.43. The van der Waals surface area contributed by atoms with E-state index in [0.29, 0.717) is 19.6 Å². The molecule has 96 heavy (non-hydrogen) atoms. The number of nitrogens with two attached hydrogens (primary N) is 1. The van der Waals surface area contributed by atoms with Crippen LogP contribution in [0.5, 0.6) is 11.5 Å². The van der Waals surface area contributed by atoms with Gasteiger partial charge in [0.2, 0.25) is 0 Å². The minimum Gasteiger partial charge on any atom is -0.497 e. The van der Waals surface area contributed by atoms with Crippen molar-refractivity contribution in [3.63, 3.8) is 0 Å². The van der Waals surface area contributed by atoms with Gasteiger partial charge in [0.05, 0.1) is 74.7 Å². The van der Waals surface area contributed by atoms with Gasteiger partial charge in [-0.15, -0.1) is 0 Å². The zero-order chi connectivity index (χ0) is 65.5. The molecule has 10 aromatic rings. The number of nitrogens with zero attached hydrogens (tertiary/aromatic N) is 14. The highest BCUT2D eigenvalue weighted by molar-refractivity contribution is 9.10. The van der Waals surface area contributed by atoms with Gasteiger partial charge in [-0.05, 0) is 165 Å². The van der Waals surface area contributed by atoms with Crippen LogP contribution in [0.4, 0.5) is 28.4 Å². The Morgan fingerprint density at radius 3 is 1.23 bits per heavy atom. The van der Waals surface area contributed by atoms with Gasteiger partial charge >= 0.3 is 0 Å². The van der Waals surface area contributed by atoms with E-state index in [0.717, 1.165) is 172 Å². The summed E-state index contributed by atoms with van der Waals surface area (Å²) in [5.74, 6) is 1.71. The van der Waals surface area contributed by atoms with Gasteiger partial charge in [-0.1, -0.05) is 75.5 Å². The second-order valence-corrected chi connectivity index (χ2v) is 26.0. The number of methoxy groups -OCH3 is 2. The van der Waals surface area contributed by atoms with Crippen LogP contribution < -0.4 is 25.8 Å². The molecule has 0 radical (unpaired) electrons. The van der Waals surface area contributed by atoms with Crippen LogP contribution >= 0.6 is 15.9 Å². The normalized spacial score (nSPS) is 15.3. The Morgan fingerprint density at radius 2 is 0.802 bits per heavy atom. The summed E-state index contributed by atoms with van der Waals surface area (Å²) in [7, 11) is 9.91. The fourth-order valence-corrected chi connectivity index (χ4v) is 12.2. The van der Waals surface area contributed by atoms with E-state index in [1.807, 2.05) is 91.1 Å². The van der Waals surface area contributed by atoms with Crippen LogP contribution in [0.2, 0.25) is 0 Å². The first-order valence-corrected chi connectivity index (χ1v) is 33.3. The largest absolute Gasteiger partial charge is 0.497 e. The van der Waals surface area contributed by atoms with Crippen LogP contribution in [0.25, 0.3) is 22.1 Å². The first-order chi connectivity index (χ1) is 45.6. The van der Waals surface area contributed by atoms with Crippen molar-refractivity contribution in [2.45, 2.75) is 74.9 Å². The lowest BCUT2D eigenvalue weighted by Gasteiger charge is -2.32. The van der Waals surface area contributed by atoms with Gasteiger partial charge in [0.25, 0.3) is 0 Å². The summed E-state index contributed by atoms with van der Waals surface area (Å²) in [6.45, 7) is 25.1. The third-order valence-electron chi connectivity index (χ3n) is 17.8. The average Bonchev–Trinajstić information content (AvgIpc) is 1.78. The summed E-state index contributed by atoms with van der Waals surface area (Å²) in [6.07, 6.45) is 5.57. The van der Waals surface area contributed by atoms with Crippen molar-refractivity contribution < 1.29 is 9.47 Å². The van der Waals surface area contributed by atoms with Gasteiger partial charge in [0.15, 0.2) is 11.3 Å². The van der Waals surface area contributed by atoms with Crippen molar-refractivity contribution in [1.82, 2.24) is 63.9 Å². The number of nitrogen functional groups attached to an aromatic ring is 1. The predicted octanol–water partition coefficient (Wildman–Crippen LogP) is 13.0. The molecular formula is C76H98BrN17O2. The number of aromatic nitrogens is 7. The van der Waals surface area contributed by atoms with Crippen molar-refractivity contribution in [3.8, 4) is 11.5 Å². The van der Waals surface area contributed by atoms with Crippen molar-refractivity contribution in [3.05, 3.63) is 213 Å². The number of likely N-dealkylation sites (N-methyl/N-ethyl adjacent to an activating group) is 3. The van der Waals surface area contributed by atoms with Crippen molar-refractivity contribution >= 4 is 72.1 Å². The molecule has 0 amide bonds. The molecule has 19 nitrogen and oxygen atoms in total. The zero-order valence-electron chi connectivity index (χ0n) is 55.8.